The minimum Gasteiger partial charge on any atom is -0.444 e. The van der Waals surface area contributed by atoms with Gasteiger partial charge < -0.3 is 24.3 Å². The maximum absolute atomic E-state index is 13.7. The summed E-state index contributed by atoms with van der Waals surface area (Å²) in [6, 6.07) is 11.5. The van der Waals surface area contributed by atoms with Gasteiger partial charge in [-0.2, -0.15) is 0 Å². The fourth-order valence-electron chi connectivity index (χ4n) is 5.60. The fourth-order valence-corrected chi connectivity index (χ4v) is 5.60. The second-order valence-corrected chi connectivity index (χ2v) is 12.8. The van der Waals surface area contributed by atoms with Gasteiger partial charge in [-0.25, -0.2) is 9.59 Å². The highest BCUT2D eigenvalue weighted by atomic mass is 16.8. The third kappa shape index (κ3) is 7.40. The SMILES string of the molecule is CC(C)C[C@H](NC(=O)OC(C)(C)C)[C@@]1(Cc2nccc3c2CCC(OCc2ccccc2)C3)OC(C)(C)OC1=O. The number of cyclic esters (lactones) is 1. The zero-order valence-electron chi connectivity index (χ0n) is 24.9. The van der Waals surface area contributed by atoms with Crippen LogP contribution in [0.3, 0.4) is 0 Å². The summed E-state index contributed by atoms with van der Waals surface area (Å²) in [5.74, 6) is -1.48. The molecule has 0 radical (unpaired) electrons. The van der Waals surface area contributed by atoms with Crippen LogP contribution < -0.4 is 5.32 Å². The number of esters is 1. The number of benzene rings is 1. The molecule has 1 aromatic carbocycles. The first-order valence-electron chi connectivity index (χ1n) is 14.3. The van der Waals surface area contributed by atoms with Crippen molar-refractivity contribution in [3.63, 3.8) is 0 Å². The molecule has 0 saturated carbocycles. The lowest BCUT2D eigenvalue weighted by Crippen LogP contribution is -2.59. The summed E-state index contributed by atoms with van der Waals surface area (Å²) in [4.78, 5) is 31.3. The van der Waals surface area contributed by atoms with Crippen LogP contribution in [0.1, 0.15) is 83.7 Å². The number of rotatable bonds is 9. The number of ether oxygens (including phenoxy) is 4. The Morgan fingerprint density at radius 3 is 2.52 bits per heavy atom. The van der Waals surface area contributed by atoms with E-state index in [0.717, 1.165) is 41.6 Å². The molecule has 8 heteroatoms. The van der Waals surface area contributed by atoms with Crippen LogP contribution in [0.2, 0.25) is 0 Å². The number of carbonyl (C=O) groups excluding carboxylic acids is 2. The average Bonchev–Trinajstić information content (AvgIpc) is 3.09. The number of carbonyl (C=O) groups is 2. The molecular weight excluding hydrogens is 508 g/mol. The Hall–Kier alpha value is -2.97. The number of amides is 1. The Morgan fingerprint density at radius 1 is 1.18 bits per heavy atom. The van der Waals surface area contributed by atoms with Gasteiger partial charge >= 0.3 is 12.1 Å². The van der Waals surface area contributed by atoms with E-state index in [1.807, 2.05) is 38.1 Å². The molecule has 1 fully saturated rings. The lowest BCUT2D eigenvalue weighted by Gasteiger charge is -2.37. The summed E-state index contributed by atoms with van der Waals surface area (Å²) in [6.07, 6.45) is 4.37. The van der Waals surface area contributed by atoms with E-state index in [-0.39, 0.29) is 18.4 Å². The molecular formula is C32H44N2O6. The van der Waals surface area contributed by atoms with E-state index in [4.69, 9.17) is 23.9 Å². The second-order valence-electron chi connectivity index (χ2n) is 12.8. The van der Waals surface area contributed by atoms with E-state index >= 15 is 0 Å². The van der Waals surface area contributed by atoms with Crippen LogP contribution >= 0.6 is 0 Å². The van der Waals surface area contributed by atoms with Gasteiger partial charge in [-0.05, 0) is 75.1 Å². The summed E-state index contributed by atoms with van der Waals surface area (Å²) < 4.78 is 24.0. The lowest BCUT2D eigenvalue weighted by molar-refractivity contribution is -0.170. The van der Waals surface area contributed by atoms with Crippen LogP contribution in [-0.2, 0) is 49.6 Å². The summed E-state index contributed by atoms with van der Waals surface area (Å²) in [5.41, 5.74) is 2.08. The molecule has 1 unspecified atom stereocenters. The van der Waals surface area contributed by atoms with Gasteiger partial charge in [0.2, 0.25) is 5.79 Å². The first-order valence-corrected chi connectivity index (χ1v) is 14.3. The zero-order valence-corrected chi connectivity index (χ0v) is 24.9. The molecule has 218 valence electrons. The highest BCUT2D eigenvalue weighted by molar-refractivity contribution is 5.84. The van der Waals surface area contributed by atoms with Gasteiger partial charge in [0.25, 0.3) is 0 Å². The van der Waals surface area contributed by atoms with Gasteiger partial charge in [-0.1, -0.05) is 44.2 Å². The largest absolute Gasteiger partial charge is 0.444 e. The minimum absolute atomic E-state index is 0.103. The highest BCUT2D eigenvalue weighted by Gasteiger charge is 2.59. The Labute approximate surface area is 238 Å². The summed E-state index contributed by atoms with van der Waals surface area (Å²) in [6.45, 7) is 13.5. The monoisotopic (exact) mass is 552 g/mol. The number of hydrogen-bond donors (Lipinski definition) is 1. The molecule has 2 aliphatic rings. The fraction of sp³-hybridized carbons (Fsp3) is 0.594. The van der Waals surface area contributed by atoms with Crippen molar-refractivity contribution >= 4 is 12.1 Å². The molecule has 1 aliphatic heterocycles. The van der Waals surface area contributed by atoms with Crippen LogP contribution in [-0.4, -0.2) is 46.2 Å². The van der Waals surface area contributed by atoms with Crippen molar-refractivity contribution in [3.05, 3.63) is 65.0 Å². The quantitative estimate of drug-likeness (QED) is 0.400. The molecule has 1 saturated heterocycles. The van der Waals surface area contributed by atoms with E-state index in [9.17, 15) is 9.59 Å². The number of nitrogens with one attached hydrogen (secondary N) is 1. The van der Waals surface area contributed by atoms with Crippen LogP contribution in [0, 0.1) is 5.92 Å². The van der Waals surface area contributed by atoms with Crippen molar-refractivity contribution in [2.45, 2.75) is 116 Å². The van der Waals surface area contributed by atoms with Crippen LogP contribution in [0.25, 0.3) is 0 Å². The van der Waals surface area contributed by atoms with Crippen LogP contribution in [0.5, 0.6) is 0 Å². The molecule has 1 amide bonds. The zero-order chi connectivity index (χ0) is 29.1. The standard InChI is InChI=1S/C32H44N2O6/c1-21(2)17-27(34-29(36)39-30(3,4)5)32(28(35)38-31(6,7)40-32)19-26-25-14-13-24(18-23(25)15-16-33-26)37-20-22-11-9-8-10-12-22/h8-12,15-16,21,24,27H,13-14,17-20H2,1-7H3,(H,34,36)/t24?,27-,32+/m0/s1. The van der Waals surface area contributed by atoms with E-state index in [2.05, 4.69) is 17.4 Å². The van der Waals surface area contributed by atoms with Crippen LogP contribution in [0.15, 0.2) is 42.6 Å². The average molecular weight is 553 g/mol. The maximum atomic E-state index is 13.7. The Bertz CT molecular complexity index is 1190. The van der Waals surface area contributed by atoms with Gasteiger partial charge in [-0.15, -0.1) is 0 Å². The van der Waals surface area contributed by atoms with Gasteiger partial charge in [0.05, 0.1) is 18.8 Å². The summed E-state index contributed by atoms with van der Waals surface area (Å²) >= 11 is 0. The molecule has 40 heavy (non-hydrogen) atoms. The maximum Gasteiger partial charge on any atom is 0.407 e. The number of aromatic nitrogens is 1. The molecule has 0 spiro atoms. The Morgan fingerprint density at radius 2 is 1.90 bits per heavy atom. The normalized spacial score (nSPS) is 22.9. The van der Waals surface area contributed by atoms with Crippen molar-refractivity contribution in [3.8, 4) is 0 Å². The summed E-state index contributed by atoms with van der Waals surface area (Å²) in [5, 5.41) is 2.96. The first kappa shape index (κ1) is 30.0. The summed E-state index contributed by atoms with van der Waals surface area (Å²) in [7, 11) is 0. The Balaban J connectivity index is 1.60. The van der Waals surface area contributed by atoms with Gasteiger partial charge in [0, 0.05) is 32.2 Å². The molecule has 8 nitrogen and oxygen atoms in total. The van der Waals surface area contributed by atoms with Gasteiger partial charge in [0.1, 0.15) is 5.60 Å². The van der Waals surface area contributed by atoms with Crippen molar-refractivity contribution in [1.82, 2.24) is 10.3 Å². The molecule has 4 rings (SSSR count). The molecule has 2 aromatic rings. The number of nitrogens with zero attached hydrogens (tertiary/aromatic N) is 1. The third-order valence-corrected chi connectivity index (χ3v) is 7.24. The topological polar surface area (TPSA) is 96.0 Å². The molecule has 0 bridgehead atoms. The third-order valence-electron chi connectivity index (χ3n) is 7.24. The van der Waals surface area contributed by atoms with Crippen molar-refractivity contribution in [2.75, 3.05) is 0 Å². The predicted molar refractivity (Wildman–Crippen MR) is 152 cm³/mol. The molecule has 1 aromatic heterocycles. The van der Waals surface area contributed by atoms with Crippen molar-refractivity contribution in [2.24, 2.45) is 5.92 Å². The van der Waals surface area contributed by atoms with Gasteiger partial charge in [0.15, 0.2) is 5.60 Å². The number of alkyl carbamates (subject to hydrolysis) is 1. The number of hydrogen-bond acceptors (Lipinski definition) is 7. The van der Waals surface area contributed by atoms with Gasteiger partial charge in [-0.3, -0.25) is 4.98 Å². The minimum atomic E-state index is -1.45. The van der Waals surface area contributed by atoms with Crippen LogP contribution in [0.4, 0.5) is 4.79 Å². The van der Waals surface area contributed by atoms with Crippen molar-refractivity contribution in [1.29, 1.82) is 0 Å². The van der Waals surface area contributed by atoms with E-state index < -0.39 is 35.1 Å². The predicted octanol–water partition coefficient (Wildman–Crippen LogP) is 5.69. The molecule has 2 heterocycles. The smallest absolute Gasteiger partial charge is 0.407 e. The molecule has 1 aliphatic carbocycles. The Kier molecular flexibility index (Phi) is 8.90. The number of fused-ring (bicyclic) bond motifs is 1. The second kappa shape index (κ2) is 11.9. The molecule has 3 atom stereocenters. The molecule has 1 N–H and O–H groups in total. The lowest BCUT2D eigenvalue weighted by atomic mass is 9.80. The van der Waals surface area contributed by atoms with E-state index in [1.165, 1.54) is 0 Å². The van der Waals surface area contributed by atoms with E-state index in [0.29, 0.717) is 13.0 Å². The number of pyridine rings is 1. The first-order chi connectivity index (χ1) is 18.8. The van der Waals surface area contributed by atoms with E-state index in [1.54, 1.807) is 40.8 Å². The highest BCUT2D eigenvalue weighted by Crippen LogP contribution is 2.40. The van der Waals surface area contributed by atoms with Crippen molar-refractivity contribution < 1.29 is 28.5 Å².